The minimum Gasteiger partial charge on any atom is -0.361 e. The lowest BCUT2D eigenvalue weighted by atomic mass is 10.1. The molecule has 1 atom stereocenters. The molecular formula is C9H9NO2S. The Morgan fingerprint density at radius 2 is 2.23 bits per heavy atom. The lowest BCUT2D eigenvalue weighted by Gasteiger charge is -1.98. The molecule has 0 aliphatic heterocycles. The first-order chi connectivity index (χ1) is 6.27. The molecule has 0 aliphatic rings. The van der Waals surface area contributed by atoms with Crippen LogP contribution >= 0.6 is 0 Å². The van der Waals surface area contributed by atoms with E-state index in [2.05, 4.69) is 4.98 Å². The second-order valence-electron chi connectivity index (χ2n) is 2.82. The molecule has 0 radical (unpaired) electrons. The fourth-order valence-electron chi connectivity index (χ4n) is 1.41. The molecule has 2 aromatic rings. The molecule has 1 heterocycles. The summed E-state index contributed by atoms with van der Waals surface area (Å²) in [6.45, 7) is 0. The quantitative estimate of drug-likeness (QED) is 0.719. The van der Waals surface area contributed by atoms with Crippen molar-refractivity contribution in [3.63, 3.8) is 0 Å². The highest BCUT2D eigenvalue weighted by Gasteiger charge is 2.03. The van der Waals surface area contributed by atoms with Gasteiger partial charge in [-0.05, 0) is 17.7 Å². The zero-order valence-corrected chi connectivity index (χ0v) is 7.67. The Labute approximate surface area is 78.1 Å². The molecule has 1 aromatic heterocycles. The van der Waals surface area contributed by atoms with E-state index in [1.807, 2.05) is 30.5 Å². The second kappa shape index (κ2) is 3.32. The minimum absolute atomic E-state index is 0.190. The molecule has 3 nitrogen and oxygen atoms in total. The van der Waals surface area contributed by atoms with Crippen LogP contribution in [0.5, 0.6) is 0 Å². The van der Waals surface area contributed by atoms with E-state index in [9.17, 15) is 4.21 Å². The van der Waals surface area contributed by atoms with Crippen molar-refractivity contribution < 1.29 is 8.76 Å². The van der Waals surface area contributed by atoms with Crippen LogP contribution in [0.2, 0.25) is 0 Å². The Balaban J connectivity index is 2.54. The maximum absolute atomic E-state index is 10.6. The summed E-state index contributed by atoms with van der Waals surface area (Å²) in [5.41, 5.74) is 1.91. The van der Waals surface area contributed by atoms with Crippen molar-refractivity contribution in [2.45, 2.75) is 5.75 Å². The van der Waals surface area contributed by atoms with Crippen molar-refractivity contribution in [3.8, 4) is 0 Å². The Morgan fingerprint density at radius 3 is 3.00 bits per heavy atom. The number of fused-ring (bicyclic) bond motifs is 1. The first-order valence-corrected chi connectivity index (χ1v) is 5.17. The predicted octanol–water partition coefficient (Wildman–Crippen LogP) is 1.89. The Morgan fingerprint density at radius 1 is 1.38 bits per heavy atom. The van der Waals surface area contributed by atoms with Crippen LogP contribution in [0.15, 0.2) is 30.5 Å². The van der Waals surface area contributed by atoms with Gasteiger partial charge in [0.25, 0.3) is 0 Å². The van der Waals surface area contributed by atoms with E-state index >= 15 is 0 Å². The van der Waals surface area contributed by atoms with Gasteiger partial charge in [-0.3, -0.25) is 0 Å². The fourth-order valence-corrected chi connectivity index (χ4v) is 1.93. The van der Waals surface area contributed by atoms with Crippen LogP contribution in [0.25, 0.3) is 10.9 Å². The summed E-state index contributed by atoms with van der Waals surface area (Å²) in [6, 6.07) is 7.60. The summed E-state index contributed by atoms with van der Waals surface area (Å²) in [5.74, 6) is 0.190. The van der Waals surface area contributed by atoms with Gasteiger partial charge in [-0.15, -0.1) is 0 Å². The van der Waals surface area contributed by atoms with Crippen LogP contribution in [-0.2, 0) is 16.8 Å². The molecule has 0 aliphatic carbocycles. The first-order valence-electron chi connectivity index (χ1n) is 3.90. The standard InChI is InChI=1S/C9H9NO2S/c11-13(12)6-7-2-1-3-9-8(7)4-5-10-9/h1-5,10H,6H2,(H,11,12). The third-order valence-corrected chi connectivity index (χ3v) is 2.52. The number of aromatic nitrogens is 1. The Hall–Kier alpha value is -1.13. The largest absolute Gasteiger partial charge is 0.361 e. The fraction of sp³-hybridized carbons (Fsp3) is 0.111. The highest BCUT2D eigenvalue weighted by molar-refractivity contribution is 7.78. The highest BCUT2D eigenvalue weighted by Crippen LogP contribution is 2.18. The summed E-state index contributed by atoms with van der Waals surface area (Å²) < 4.78 is 19.4. The van der Waals surface area contributed by atoms with Gasteiger partial charge in [0.05, 0.1) is 5.75 Å². The van der Waals surface area contributed by atoms with Gasteiger partial charge in [-0.25, -0.2) is 4.21 Å². The lowest BCUT2D eigenvalue weighted by molar-refractivity contribution is 0.563. The van der Waals surface area contributed by atoms with Crippen molar-refractivity contribution >= 4 is 22.0 Å². The number of nitrogens with one attached hydrogen (secondary N) is 1. The van der Waals surface area contributed by atoms with E-state index in [-0.39, 0.29) is 5.75 Å². The first kappa shape index (κ1) is 8.47. The van der Waals surface area contributed by atoms with E-state index in [1.165, 1.54) is 0 Å². The van der Waals surface area contributed by atoms with Gasteiger partial charge in [0, 0.05) is 17.1 Å². The smallest absolute Gasteiger partial charge is 0.157 e. The molecule has 2 rings (SSSR count). The van der Waals surface area contributed by atoms with Gasteiger partial charge in [0.1, 0.15) is 0 Å². The molecule has 0 saturated carbocycles. The normalized spacial score (nSPS) is 13.3. The van der Waals surface area contributed by atoms with Gasteiger partial charge in [0.15, 0.2) is 11.1 Å². The minimum atomic E-state index is -1.77. The van der Waals surface area contributed by atoms with E-state index in [0.717, 1.165) is 16.5 Å². The molecule has 0 spiro atoms. The van der Waals surface area contributed by atoms with Gasteiger partial charge >= 0.3 is 0 Å². The molecule has 0 amide bonds. The van der Waals surface area contributed by atoms with Crippen molar-refractivity contribution in [2.24, 2.45) is 0 Å². The second-order valence-corrected chi connectivity index (χ2v) is 3.75. The molecular weight excluding hydrogens is 186 g/mol. The number of hydrogen-bond acceptors (Lipinski definition) is 1. The van der Waals surface area contributed by atoms with E-state index in [1.54, 1.807) is 0 Å². The molecule has 0 bridgehead atoms. The van der Waals surface area contributed by atoms with Gasteiger partial charge in [-0.1, -0.05) is 12.1 Å². The number of rotatable bonds is 2. The zero-order valence-electron chi connectivity index (χ0n) is 6.86. The van der Waals surface area contributed by atoms with Crippen LogP contribution in [0.1, 0.15) is 5.56 Å². The van der Waals surface area contributed by atoms with E-state index < -0.39 is 11.1 Å². The molecule has 4 heteroatoms. The monoisotopic (exact) mass is 195 g/mol. The zero-order chi connectivity index (χ0) is 9.26. The maximum Gasteiger partial charge on any atom is 0.157 e. The SMILES string of the molecule is O=S(O)Cc1cccc2[nH]ccc12. The molecule has 1 aromatic carbocycles. The molecule has 13 heavy (non-hydrogen) atoms. The number of hydrogen-bond donors (Lipinski definition) is 2. The summed E-state index contributed by atoms with van der Waals surface area (Å²) >= 11 is -1.77. The predicted molar refractivity (Wildman–Crippen MR) is 52.8 cm³/mol. The highest BCUT2D eigenvalue weighted by atomic mass is 32.2. The summed E-state index contributed by atoms with van der Waals surface area (Å²) in [6.07, 6.45) is 1.83. The summed E-state index contributed by atoms with van der Waals surface area (Å²) in [7, 11) is 0. The lowest BCUT2D eigenvalue weighted by Crippen LogP contribution is -1.92. The Bertz CT molecular complexity index is 450. The third kappa shape index (κ3) is 1.64. The molecule has 68 valence electrons. The summed E-state index contributed by atoms with van der Waals surface area (Å²) in [4.78, 5) is 3.05. The number of benzene rings is 1. The molecule has 0 saturated heterocycles. The molecule has 2 N–H and O–H groups in total. The van der Waals surface area contributed by atoms with Gasteiger partial charge < -0.3 is 9.54 Å². The van der Waals surface area contributed by atoms with Crippen LogP contribution in [0.4, 0.5) is 0 Å². The number of H-pyrrole nitrogens is 1. The maximum atomic E-state index is 10.6. The third-order valence-electron chi connectivity index (χ3n) is 1.96. The van der Waals surface area contributed by atoms with Gasteiger partial charge in [0.2, 0.25) is 0 Å². The van der Waals surface area contributed by atoms with Crippen LogP contribution < -0.4 is 0 Å². The van der Waals surface area contributed by atoms with Crippen LogP contribution in [0.3, 0.4) is 0 Å². The number of aromatic amines is 1. The van der Waals surface area contributed by atoms with Gasteiger partial charge in [-0.2, -0.15) is 0 Å². The van der Waals surface area contributed by atoms with E-state index in [4.69, 9.17) is 4.55 Å². The average Bonchev–Trinajstić information content (AvgIpc) is 2.51. The van der Waals surface area contributed by atoms with Crippen molar-refractivity contribution in [1.29, 1.82) is 0 Å². The van der Waals surface area contributed by atoms with Crippen molar-refractivity contribution in [1.82, 2.24) is 4.98 Å². The van der Waals surface area contributed by atoms with Crippen LogP contribution in [-0.4, -0.2) is 13.7 Å². The summed E-state index contributed by atoms with van der Waals surface area (Å²) in [5, 5.41) is 1.02. The van der Waals surface area contributed by atoms with Crippen molar-refractivity contribution in [3.05, 3.63) is 36.0 Å². The topological polar surface area (TPSA) is 53.1 Å². The molecule has 0 fully saturated rings. The Kier molecular flexibility index (Phi) is 2.16. The van der Waals surface area contributed by atoms with E-state index in [0.29, 0.717) is 0 Å². The molecule has 1 unspecified atom stereocenters. The van der Waals surface area contributed by atoms with Crippen molar-refractivity contribution in [2.75, 3.05) is 0 Å². The van der Waals surface area contributed by atoms with Crippen LogP contribution in [0, 0.1) is 0 Å². The average molecular weight is 195 g/mol.